The second kappa shape index (κ2) is 2.12. The van der Waals surface area contributed by atoms with Crippen molar-refractivity contribution in [3.63, 3.8) is 0 Å². The first-order valence-electron chi connectivity index (χ1n) is 3.46. The van der Waals surface area contributed by atoms with E-state index in [1.165, 1.54) is 0 Å². The van der Waals surface area contributed by atoms with Crippen LogP contribution in [0.25, 0.3) is 0 Å². The smallest absolute Gasteiger partial charge is 0.0778 e. The Kier molecular flexibility index (Phi) is 1.28. The largest absolute Gasteiger partial charge is 0.372 e. The normalized spacial score (nSPS) is 40.9. The van der Waals surface area contributed by atoms with E-state index in [0.29, 0.717) is 12.0 Å². The molecule has 9 heavy (non-hydrogen) atoms. The first-order chi connectivity index (χ1) is 4.47. The summed E-state index contributed by atoms with van der Waals surface area (Å²) in [4.78, 5) is 0. The van der Waals surface area contributed by atoms with Gasteiger partial charge in [0.25, 0.3) is 0 Å². The molecule has 0 bridgehead atoms. The van der Waals surface area contributed by atoms with Crippen LogP contribution in [0.5, 0.6) is 0 Å². The van der Waals surface area contributed by atoms with E-state index in [1.807, 2.05) is 0 Å². The molecular weight excluding hydrogens is 114 g/mol. The van der Waals surface area contributed by atoms with Crippen molar-refractivity contribution in [3.05, 3.63) is 12.2 Å². The molecule has 0 aromatic heterocycles. The summed E-state index contributed by atoms with van der Waals surface area (Å²) in [7, 11) is 0. The Morgan fingerprint density at radius 3 is 3.33 bits per heavy atom. The molecule has 0 saturated carbocycles. The molecule has 2 heteroatoms. The third-order valence-corrected chi connectivity index (χ3v) is 1.99. The van der Waals surface area contributed by atoms with Gasteiger partial charge in [-0.1, -0.05) is 12.2 Å². The van der Waals surface area contributed by atoms with Gasteiger partial charge in [-0.05, 0) is 0 Å². The summed E-state index contributed by atoms with van der Waals surface area (Å²) < 4.78 is 5.45. The van der Waals surface area contributed by atoms with Crippen LogP contribution in [0, 0.1) is 5.92 Å². The molecule has 0 unspecified atom stereocenters. The maximum Gasteiger partial charge on any atom is 0.0778 e. The van der Waals surface area contributed by atoms with E-state index in [2.05, 4.69) is 17.5 Å². The molecular formula is C7H11NO. The monoisotopic (exact) mass is 125 g/mol. The van der Waals surface area contributed by atoms with Crippen molar-refractivity contribution in [1.82, 2.24) is 5.32 Å². The van der Waals surface area contributed by atoms with Crippen molar-refractivity contribution in [2.45, 2.75) is 6.10 Å². The minimum absolute atomic E-state index is 0.468. The second-order valence-electron chi connectivity index (χ2n) is 2.62. The Bertz CT molecular complexity index is 133. The minimum atomic E-state index is 0.468. The molecule has 0 amide bonds. The zero-order valence-electron chi connectivity index (χ0n) is 5.34. The molecule has 2 aliphatic heterocycles. The lowest BCUT2D eigenvalue weighted by Gasteiger charge is -2.18. The van der Waals surface area contributed by atoms with Gasteiger partial charge in [0, 0.05) is 19.0 Å². The molecule has 2 rings (SSSR count). The fourth-order valence-corrected chi connectivity index (χ4v) is 1.46. The predicted octanol–water partition coefficient (Wildman–Crippen LogP) is 0.161. The van der Waals surface area contributed by atoms with Crippen LogP contribution in [0.1, 0.15) is 0 Å². The van der Waals surface area contributed by atoms with E-state index in [1.54, 1.807) is 0 Å². The zero-order chi connectivity index (χ0) is 6.10. The minimum Gasteiger partial charge on any atom is -0.372 e. The highest BCUT2D eigenvalue weighted by Gasteiger charge is 2.26. The Balaban J connectivity index is 2.10. The number of rotatable bonds is 0. The van der Waals surface area contributed by atoms with E-state index in [4.69, 9.17) is 4.74 Å². The molecule has 50 valence electrons. The average molecular weight is 125 g/mol. The van der Waals surface area contributed by atoms with Crippen molar-refractivity contribution >= 4 is 0 Å². The summed E-state index contributed by atoms with van der Waals surface area (Å²) in [5.74, 6) is 0.652. The van der Waals surface area contributed by atoms with Crippen LogP contribution in [0.15, 0.2) is 12.2 Å². The van der Waals surface area contributed by atoms with Gasteiger partial charge in [-0.3, -0.25) is 0 Å². The van der Waals surface area contributed by atoms with Gasteiger partial charge in [0.05, 0.1) is 12.7 Å². The molecule has 2 heterocycles. The van der Waals surface area contributed by atoms with Gasteiger partial charge in [0.1, 0.15) is 0 Å². The molecule has 0 spiro atoms. The lowest BCUT2D eigenvalue weighted by atomic mass is 10.0. The van der Waals surface area contributed by atoms with Crippen LogP contribution < -0.4 is 5.32 Å². The Labute approximate surface area is 54.9 Å². The van der Waals surface area contributed by atoms with Crippen molar-refractivity contribution in [2.75, 3.05) is 19.7 Å². The van der Waals surface area contributed by atoms with Gasteiger partial charge >= 0.3 is 0 Å². The van der Waals surface area contributed by atoms with Crippen LogP contribution in [0.4, 0.5) is 0 Å². The third kappa shape index (κ3) is 0.884. The summed E-state index contributed by atoms with van der Waals surface area (Å²) in [6, 6.07) is 0. The zero-order valence-corrected chi connectivity index (χ0v) is 5.34. The summed E-state index contributed by atoms with van der Waals surface area (Å²) >= 11 is 0. The van der Waals surface area contributed by atoms with Gasteiger partial charge in [0.15, 0.2) is 0 Å². The van der Waals surface area contributed by atoms with E-state index in [9.17, 15) is 0 Å². The van der Waals surface area contributed by atoms with Crippen LogP contribution in [-0.4, -0.2) is 25.8 Å². The van der Waals surface area contributed by atoms with Gasteiger partial charge in [0.2, 0.25) is 0 Å². The van der Waals surface area contributed by atoms with Crippen molar-refractivity contribution in [3.8, 4) is 0 Å². The van der Waals surface area contributed by atoms with E-state index >= 15 is 0 Å². The fourth-order valence-electron chi connectivity index (χ4n) is 1.46. The molecule has 2 atom stereocenters. The molecule has 0 aromatic carbocycles. The van der Waals surface area contributed by atoms with Crippen molar-refractivity contribution in [1.29, 1.82) is 0 Å². The first kappa shape index (κ1) is 5.45. The standard InChI is InChI=1S/C7H11NO/c1-2-6-4-8-5-7(6)9-3-1/h1-2,6-8H,3-5H2/t6-,7+/m0/s1. The van der Waals surface area contributed by atoms with Crippen LogP contribution in [0.2, 0.25) is 0 Å². The fraction of sp³-hybridized carbons (Fsp3) is 0.714. The predicted molar refractivity (Wildman–Crippen MR) is 35.2 cm³/mol. The van der Waals surface area contributed by atoms with Crippen LogP contribution in [0.3, 0.4) is 0 Å². The molecule has 1 saturated heterocycles. The highest BCUT2D eigenvalue weighted by Crippen LogP contribution is 2.17. The van der Waals surface area contributed by atoms with Crippen molar-refractivity contribution < 1.29 is 4.74 Å². The number of fused-ring (bicyclic) bond motifs is 1. The van der Waals surface area contributed by atoms with E-state index < -0.39 is 0 Å². The van der Waals surface area contributed by atoms with E-state index in [0.717, 1.165) is 19.7 Å². The van der Waals surface area contributed by atoms with Crippen LogP contribution in [-0.2, 0) is 4.74 Å². The molecule has 0 radical (unpaired) electrons. The number of ether oxygens (including phenoxy) is 1. The third-order valence-electron chi connectivity index (χ3n) is 1.99. The summed E-state index contributed by atoms with van der Waals surface area (Å²) in [5.41, 5.74) is 0. The lowest BCUT2D eigenvalue weighted by molar-refractivity contribution is 0.0598. The highest BCUT2D eigenvalue weighted by atomic mass is 16.5. The second-order valence-corrected chi connectivity index (χ2v) is 2.62. The molecule has 0 aromatic rings. The molecule has 0 aliphatic carbocycles. The Morgan fingerprint density at radius 2 is 2.44 bits per heavy atom. The van der Waals surface area contributed by atoms with Crippen molar-refractivity contribution in [2.24, 2.45) is 5.92 Å². The molecule has 1 fully saturated rings. The molecule has 1 N–H and O–H groups in total. The Hall–Kier alpha value is -0.340. The number of hydrogen-bond donors (Lipinski definition) is 1. The van der Waals surface area contributed by atoms with Gasteiger partial charge in [-0.25, -0.2) is 0 Å². The maximum absolute atomic E-state index is 5.45. The first-order valence-corrected chi connectivity index (χ1v) is 3.46. The maximum atomic E-state index is 5.45. The number of hydrogen-bond acceptors (Lipinski definition) is 2. The van der Waals surface area contributed by atoms with Gasteiger partial charge in [-0.15, -0.1) is 0 Å². The Morgan fingerprint density at radius 1 is 1.44 bits per heavy atom. The topological polar surface area (TPSA) is 21.3 Å². The summed E-state index contributed by atoms with van der Waals surface area (Å²) in [6.07, 6.45) is 4.83. The van der Waals surface area contributed by atoms with Gasteiger partial charge < -0.3 is 10.1 Å². The highest BCUT2D eigenvalue weighted by molar-refractivity contribution is 5.01. The van der Waals surface area contributed by atoms with E-state index in [-0.39, 0.29) is 0 Å². The average Bonchev–Trinajstić information content (AvgIpc) is 2.33. The number of nitrogens with one attached hydrogen (secondary N) is 1. The quantitative estimate of drug-likeness (QED) is 0.466. The summed E-state index contributed by atoms with van der Waals surface area (Å²) in [6.45, 7) is 2.94. The molecule has 2 nitrogen and oxygen atoms in total. The van der Waals surface area contributed by atoms with Gasteiger partial charge in [-0.2, -0.15) is 0 Å². The molecule has 2 aliphatic rings. The SMILES string of the molecule is C1=C[C@H]2CNC[C@H]2OC1. The lowest BCUT2D eigenvalue weighted by Crippen LogP contribution is -2.24. The van der Waals surface area contributed by atoms with Crippen LogP contribution >= 0.6 is 0 Å². The summed E-state index contributed by atoms with van der Waals surface area (Å²) in [5, 5.41) is 3.29.